The van der Waals surface area contributed by atoms with Crippen molar-refractivity contribution in [1.82, 2.24) is 15.1 Å². The summed E-state index contributed by atoms with van der Waals surface area (Å²) in [6.07, 6.45) is 3.48. The molecule has 3 aromatic rings. The average molecular weight is 411 g/mol. The van der Waals surface area contributed by atoms with Crippen molar-refractivity contribution in [3.05, 3.63) is 65.5 Å². The Kier molecular flexibility index (Phi) is 5.12. The summed E-state index contributed by atoms with van der Waals surface area (Å²) in [5, 5.41) is 7.11. The molecule has 1 fully saturated rings. The molecule has 1 unspecified atom stereocenters. The Balaban J connectivity index is 1.35. The molecule has 1 saturated heterocycles. The molecule has 30 heavy (non-hydrogen) atoms. The van der Waals surface area contributed by atoms with Crippen molar-refractivity contribution in [3.63, 3.8) is 0 Å². The standard InChI is InChI=1S/C23H23F2N3O2/c24-18-4-1-5-19(25)22(18)17-12-26-27-23(17)16-3-2-8-28(14-16)13-15-6-7-20-21(11-15)30-10-9-29-20/h1,4-7,11-12,16H,2-3,8-10,13-14H2,(H,26,27). The molecule has 2 aliphatic heterocycles. The summed E-state index contributed by atoms with van der Waals surface area (Å²) < 4.78 is 40.0. The number of H-pyrrole nitrogens is 1. The molecule has 2 aliphatic rings. The van der Waals surface area contributed by atoms with E-state index in [4.69, 9.17) is 9.47 Å². The number of piperidine rings is 1. The molecule has 3 heterocycles. The highest BCUT2D eigenvalue weighted by atomic mass is 19.1. The van der Waals surface area contributed by atoms with E-state index in [1.807, 2.05) is 12.1 Å². The lowest BCUT2D eigenvalue weighted by Crippen LogP contribution is -2.34. The molecule has 0 saturated carbocycles. The first-order chi connectivity index (χ1) is 14.7. The van der Waals surface area contributed by atoms with Crippen molar-refractivity contribution in [1.29, 1.82) is 0 Å². The molecule has 1 N–H and O–H groups in total. The van der Waals surface area contributed by atoms with Gasteiger partial charge in [0.1, 0.15) is 24.8 Å². The predicted molar refractivity (Wildman–Crippen MR) is 109 cm³/mol. The smallest absolute Gasteiger partial charge is 0.161 e. The summed E-state index contributed by atoms with van der Waals surface area (Å²) in [6, 6.07) is 10.00. The molecule has 7 heteroatoms. The topological polar surface area (TPSA) is 50.4 Å². The number of rotatable bonds is 4. The van der Waals surface area contributed by atoms with Crippen LogP contribution in [0.5, 0.6) is 11.5 Å². The maximum absolute atomic E-state index is 14.3. The number of aromatic nitrogens is 2. The van der Waals surface area contributed by atoms with Crippen LogP contribution in [0.25, 0.3) is 11.1 Å². The fourth-order valence-corrected chi connectivity index (χ4v) is 4.44. The molecule has 0 bridgehead atoms. The van der Waals surface area contributed by atoms with E-state index in [0.29, 0.717) is 18.8 Å². The largest absolute Gasteiger partial charge is 0.486 e. The normalized spacial score (nSPS) is 19.1. The van der Waals surface area contributed by atoms with Crippen LogP contribution in [0.15, 0.2) is 42.6 Å². The van der Waals surface area contributed by atoms with Crippen LogP contribution in [-0.2, 0) is 6.54 Å². The van der Waals surface area contributed by atoms with E-state index in [9.17, 15) is 8.78 Å². The summed E-state index contributed by atoms with van der Waals surface area (Å²) >= 11 is 0. The van der Waals surface area contributed by atoms with E-state index in [2.05, 4.69) is 21.2 Å². The van der Waals surface area contributed by atoms with Gasteiger partial charge in [-0.2, -0.15) is 5.10 Å². The first kappa shape index (κ1) is 19.1. The SMILES string of the molecule is Fc1cccc(F)c1-c1cn[nH]c1C1CCCN(Cc2ccc3c(c2)OCCO3)C1. The highest BCUT2D eigenvalue weighted by Crippen LogP contribution is 2.36. The fourth-order valence-electron chi connectivity index (χ4n) is 4.44. The van der Waals surface area contributed by atoms with Crippen LogP contribution >= 0.6 is 0 Å². The van der Waals surface area contributed by atoms with E-state index < -0.39 is 11.6 Å². The fraction of sp³-hybridized carbons (Fsp3) is 0.348. The van der Waals surface area contributed by atoms with Crippen LogP contribution < -0.4 is 9.47 Å². The maximum Gasteiger partial charge on any atom is 0.161 e. The number of fused-ring (bicyclic) bond motifs is 1. The maximum atomic E-state index is 14.3. The van der Waals surface area contributed by atoms with E-state index >= 15 is 0 Å². The number of nitrogens with zero attached hydrogens (tertiary/aromatic N) is 2. The minimum Gasteiger partial charge on any atom is -0.486 e. The Morgan fingerprint density at radius 1 is 1.07 bits per heavy atom. The van der Waals surface area contributed by atoms with Crippen molar-refractivity contribution in [3.8, 4) is 22.6 Å². The van der Waals surface area contributed by atoms with E-state index in [0.717, 1.165) is 55.2 Å². The van der Waals surface area contributed by atoms with Crippen LogP contribution in [0.1, 0.15) is 30.0 Å². The van der Waals surface area contributed by atoms with Gasteiger partial charge in [0.25, 0.3) is 0 Å². The van der Waals surface area contributed by atoms with Gasteiger partial charge in [-0.1, -0.05) is 12.1 Å². The highest BCUT2D eigenvalue weighted by molar-refractivity contribution is 5.67. The van der Waals surface area contributed by atoms with Gasteiger partial charge in [-0.05, 0) is 49.2 Å². The second kappa shape index (κ2) is 8.07. The zero-order valence-electron chi connectivity index (χ0n) is 16.5. The number of hydrogen-bond acceptors (Lipinski definition) is 4. The highest BCUT2D eigenvalue weighted by Gasteiger charge is 2.27. The minimum atomic E-state index is -0.568. The quantitative estimate of drug-likeness (QED) is 0.687. The molecule has 1 aromatic heterocycles. The van der Waals surface area contributed by atoms with Gasteiger partial charge in [-0.25, -0.2) is 8.78 Å². The molecule has 1 atom stereocenters. The Hall–Kier alpha value is -2.93. The third-order valence-corrected chi connectivity index (χ3v) is 5.83. The Morgan fingerprint density at radius 3 is 2.70 bits per heavy atom. The van der Waals surface area contributed by atoms with Gasteiger partial charge in [0, 0.05) is 30.3 Å². The van der Waals surface area contributed by atoms with Crippen LogP contribution in [0.2, 0.25) is 0 Å². The summed E-state index contributed by atoms with van der Waals surface area (Å²) in [5.74, 6) is 0.574. The van der Waals surface area contributed by atoms with Crippen molar-refractivity contribution >= 4 is 0 Å². The van der Waals surface area contributed by atoms with Crippen molar-refractivity contribution in [2.45, 2.75) is 25.3 Å². The summed E-state index contributed by atoms with van der Waals surface area (Å²) in [6.45, 7) is 3.69. The lowest BCUT2D eigenvalue weighted by molar-refractivity contribution is 0.170. The summed E-state index contributed by atoms with van der Waals surface area (Å²) in [7, 11) is 0. The number of ether oxygens (including phenoxy) is 2. The summed E-state index contributed by atoms with van der Waals surface area (Å²) in [4.78, 5) is 2.36. The van der Waals surface area contributed by atoms with E-state index in [-0.39, 0.29) is 11.5 Å². The predicted octanol–water partition coefficient (Wildman–Crippen LogP) is 4.51. The molecule has 5 nitrogen and oxygen atoms in total. The first-order valence-electron chi connectivity index (χ1n) is 10.3. The second-order valence-electron chi connectivity index (χ2n) is 7.85. The lowest BCUT2D eigenvalue weighted by Gasteiger charge is -2.33. The zero-order valence-corrected chi connectivity index (χ0v) is 16.5. The van der Waals surface area contributed by atoms with Crippen molar-refractivity contribution in [2.75, 3.05) is 26.3 Å². The number of halogens is 2. The van der Waals surface area contributed by atoms with Crippen LogP contribution in [0.3, 0.4) is 0 Å². The van der Waals surface area contributed by atoms with Gasteiger partial charge in [-0.15, -0.1) is 0 Å². The minimum absolute atomic E-state index is 0.00907. The number of nitrogens with one attached hydrogen (secondary N) is 1. The van der Waals surface area contributed by atoms with Gasteiger partial charge in [0.05, 0.1) is 11.8 Å². The van der Waals surface area contributed by atoms with Gasteiger partial charge in [-0.3, -0.25) is 10.00 Å². The van der Waals surface area contributed by atoms with Crippen LogP contribution in [-0.4, -0.2) is 41.4 Å². The molecule has 0 spiro atoms. The van der Waals surface area contributed by atoms with Gasteiger partial charge in [0.15, 0.2) is 11.5 Å². The number of likely N-dealkylation sites (tertiary alicyclic amines) is 1. The molecule has 0 amide bonds. The van der Waals surface area contributed by atoms with Crippen molar-refractivity contribution < 1.29 is 18.3 Å². The molecule has 2 aromatic carbocycles. The second-order valence-corrected chi connectivity index (χ2v) is 7.85. The lowest BCUT2D eigenvalue weighted by atomic mass is 9.90. The van der Waals surface area contributed by atoms with E-state index in [1.54, 1.807) is 0 Å². The Morgan fingerprint density at radius 2 is 1.87 bits per heavy atom. The third kappa shape index (κ3) is 3.65. The van der Waals surface area contributed by atoms with E-state index in [1.165, 1.54) is 24.4 Å². The number of aromatic amines is 1. The van der Waals surface area contributed by atoms with Crippen molar-refractivity contribution in [2.24, 2.45) is 0 Å². The average Bonchev–Trinajstić information content (AvgIpc) is 3.23. The van der Waals surface area contributed by atoms with Crippen LogP contribution in [0.4, 0.5) is 8.78 Å². The molecule has 0 aliphatic carbocycles. The Bertz CT molecular complexity index is 1030. The van der Waals surface area contributed by atoms with Crippen LogP contribution in [0, 0.1) is 11.6 Å². The molecular weight excluding hydrogens is 388 g/mol. The van der Waals surface area contributed by atoms with Gasteiger partial charge < -0.3 is 9.47 Å². The molecule has 156 valence electrons. The third-order valence-electron chi connectivity index (χ3n) is 5.83. The first-order valence-corrected chi connectivity index (χ1v) is 10.3. The monoisotopic (exact) mass is 411 g/mol. The number of benzene rings is 2. The Labute approximate surface area is 173 Å². The molecule has 5 rings (SSSR count). The van der Waals surface area contributed by atoms with Gasteiger partial charge in [0.2, 0.25) is 0 Å². The van der Waals surface area contributed by atoms with Gasteiger partial charge >= 0.3 is 0 Å². The molecule has 0 radical (unpaired) electrons. The zero-order chi connectivity index (χ0) is 20.5. The molecular formula is C23H23F2N3O2. The summed E-state index contributed by atoms with van der Waals surface area (Å²) in [5.41, 5.74) is 2.46. The number of hydrogen-bond donors (Lipinski definition) is 1.